The minimum absolute atomic E-state index is 0.200. The summed E-state index contributed by atoms with van der Waals surface area (Å²) in [5, 5.41) is 12.6. The van der Waals surface area contributed by atoms with Crippen molar-refractivity contribution in [2.75, 3.05) is 6.61 Å². The predicted octanol–water partition coefficient (Wildman–Crippen LogP) is -1.27. The maximum Gasteiger partial charge on any atom is 0.348 e. The quantitative estimate of drug-likeness (QED) is 0.483. The molecule has 18 heavy (non-hydrogen) atoms. The maximum atomic E-state index is 11.7. The van der Waals surface area contributed by atoms with Gasteiger partial charge < -0.3 is 19.9 Å². The molecule has 0 radical (unpaired) electrons. The standard InChI is InChI=1S/C11H15NO6/c1-3-17-7(13)4-6-8-5(2)12-9(14)11(6,16)10(15)18-8/h5-6,8,16H,3-4H2,1-2H3,(H,12,14)/t5-,6-,8-,11+/m1/s1. The normalized spacial score (nSPS) is 38.1. The lowest BCUT2D eigenvalue weighted by Gasteiger charge is -2.34. The second-order valence-electron chi connectivity index (χ2n) is 4.51. The van der Waals surface area contributed by atoms with Crippen LogP contribution in [0.5, 0.6) is 0 Å². The summed E-state index contributed by atoms with van der Waals surface area (Å²) in [4.78, 5) is 34.8. The van der Waals surface area contributed by atoms with Gasteiger partial charge in [-0.3, -0.25) is 9.59 Å². The first-order chi connectivity index (χ1) is 8.41. The van der Waals surface area contributed by atoms with Crippen LogP contribution in [0.1, 0.15) is 20.3 Å². The van der Waals surface area contributed by atoms with Gasteiger partial charge in [0.25, 0.3) is 5.91 Å². The van der Waals surface area contributed by atoms with Gasteiger partial charge in [-0.05, 0) is 13.8 Å². The topological polar surface area (TPSA) is 102 Å². The van der Waals surface area contributed by atoms with E-state index in [1.165, 1.54) is 0 Å². The largest absolute Gasteiger partial charge is 0.466 e. The number of hydrogen-bond donors (Lipinski definition) is 2. The molecule has 7 heteroatoms. The molecule has 0 saturated carbocycles. The van der Waals surface area contributed by atoms with Crippen molar-refractivity contribution in [2.45, 2.75) is 38.0 Å². The van der Waals surface area contributed by atoms with Crippen molar-refractivity contribution in [2.24, 2.45) is 5.92 Å². The van der Waals surface area contributed by atoms with E-state index in [0.717, 1.165) is 0 Å². The van der Waals surface area contributed by atoms with Crippen LogP contribution in [0.4, 0.5) is 0 Å². The van der Waals surface area contributed by atoms with Crippen molar-refractivity contribution in [3.8, 4) is 0 Å². The van der Waals surface area contributed by atoms with E-state index in [4.69, 9.17) is 9.47 Å². The number of piperidine rings is 1. The van der Waals surface area contributed by atoms with E-state index in [9.17, 15) is 19.5 Å². The van der Waals surface area contributed by atoms with E-state index in [0.29, 0.717) is 0 Å². The minimum atomic E-state index is -2.27. The molecular formula is C11H15NO6. The Balaban J connectivity index is 2.25. The molecule has 2 heterocycles. The Morgan fingerprint density at radius 1 is 1.56 bits per heavy atom. The van der Waals surface area contributed by atoms with Gasteiger partial charge in [-0.1, -0.05) is 0 Å². The second kappa shape index (κ2) is 4.24. The first kappa shape index (κ1) is 12.8. The average molecular weight is 257 g/mol. The van der Waals surface area contributed by atoms with Crippen LogP contribution in [0.15, 0.2) is 0 Å². The lowest BCUT2D eigenvalue weighted by Crippen LogP contribution is -2.63. The zero-order chi connectivity index (χ0) is 13.5. The molecule has 0 aromatic rings. The summed E-state index contributed by atoms with van der Waals surface area (Å²) in [5.74, 6) is -3.27. The minimum Gasteiger partial charge on any atom is -0.466 e. The number of hydrogen-bond acceptors (Lipinski definition) is 6. The van der Waals surface area contributed by atoms with Gasteiger partial charge in [0.2, 0.25) is 5.60 Å². The van der Waals surface area contributed by atoms with Crippen LogP contribution in [-0.4, -0.2) is 47.3 Å². The molecule has 4 atom stereocenters. The zero-order valence-corrected chi connectivity index (χ0v) is 10.1. The number of rotatable bonds is 3. The highest BCUT2D eigenvalue weighted by Crippen LogP contribution is 2.40. The van der Waals surface area contributed by atoms with E-state index in [-0.39, 0.29) is 13.0 Å². The average Bonchev–Trinajstić information content (AvgIpc) is 2.49. The summed E-state index contributed by atoms with van der Waals surface area (Å²) in [6, 6.07) is -0.441. The number of amides is 1. The summed E-state index contributed by atoms with van der Waals surface area (Å²) in [6.45, 7) is 3.50. The highest BCUT2D eigenvalue weighted by atomic mass is 16.6. The molecular weight excluding hydrogens is 242 g/mol. The molecule has 0 aromatic heterocycles. The summed E-state index contributed by atoms with van der Waals surface area (Å²) in [7, 11) is 0. The highest BCUT2D eigenvalue weighted by Gasteiger charge is 2.66. The van der Waals surface area contributed by atoms with Crippen LogP contribution in [0.2, 0.25) is 0 Å². The maximum absolute atomic E-state index is 11.7. The van der Waals surface area contributed by atoms with Gasteiger partial charge in [0.1, 0.15) is 6.10 Å². The molecule has 2 saturated heterocycles. The zero-order valence-electron chi connectivity index (χ0n) is 10.1. The van der Waals surface area contributed by atoms with Gasteiger partial charge in [-0.2, -0.15) is 0 Å². The van der Waals surface area contributed by atoms with E-state index < -0.39 is 41.5 Å². The molecule has 1 amide bonds. The van der Waals surface area contributed by atoms with E-state index in [1.807, 2.05) is 0 Å². The van der Waals surface area contributed by atoms with Crippen molar-refractivity contribution in [1.82, 2.24) is 5.32 Å². The summed E-state index contributed by atoms with van der Waals surface area (Å²) >= 11 is 0. The molecule has 2 rings (SSSR count). The molecule has 2 N–H and O–H groups in total. The predicted molar refractivity (Wildman–Crippen MR) is 57.2 cm³/mol. The summed E-state index contributed by atoms with van der Waals surface area (Å²) < 4.78 is 9.75. The summed E-state index contributed by atoms with van der Waals surface area (Å²) in [5.41, 5.74) is -2.27. The van der Waals surface area contributed by atoms with Crippen LogP contribution < -0.4 is 5.32 Å². The van der Waals surface area contributed by atoms with Gasteiger partial charge in [-0.15, -0.1) is 0 Å². The molecule has 2 aliphatic rings. The van der Waals surface area contributed by atoms with Gasteiger partial charge in [0.05, 0.1) is 25.0 Å². The number of nitrogens with one attached hydrogen (secondary N) is 1. The highest BCUT2D eigenvalue weighted by molar-refractivity contribution is 6.09. The Morgan fingerprint density at radius 3 is 2.83 bits per heavy atom. The monoisotopic (exact) mass is 257 g/mol. The summed E-state index contributed by atoms with van der Waals surface area (Å²) in [6.07, 6.45) is -0.928. The Bertz CT molecular complexity index is 408. The smallest absolute Gasteiger partial charge is 0.348 e. The van der Waals surface area contributed by atoms with Gasteiger partial charge >= 0.3 is 11.9 Å². The van der Waals surface area contributed by atoms with Gasteiger partial charge in [0, 0.05) is 0 Å². The third-order valence-corrected chi connectivity index (χ3v) is 3.38. The number of carbonyl (C=O) groups excluding carboxylic acids is 3. The molecule has 2 aliphatic heterocycles. The first-order valence-electron chi connectivity index (χ1n) is 5.81. The number of ether oxygens (including phenoxy) is 2. The van der Waals surface area contributed by atoms with Gasteiger partial charge in [0.15, 0.2) is 0 Å². The Morgan fingerprint density at radius 2 is 2.22 bits per heavy atom. The molecule has 0 aliphatic carbocycles. The number of esters is 2. The fourth-order valence-corrected chi connectivity index (χ4v) is 2.46. The van der Waals surface area contributed by atoms with E-state index in [2.05, 4.69) is 5.32 Å². The number of carbonyl (C=O) groups is 3. The Labute approximate surface area is 103 Å². The van der Waals surface area contributed by atoms with Crippen molar-refractivity contribution < 1.29 is 29.0 Å². The third kappa shape index (κ3) is 1.66. The Kier molecular flexibility index (Phi) is 3.02. The van der Waals surface area contributed by atoms with E-state index in [1.54, 1.807) is 13.8 Å². The second-order valence-corrected chi connectivity index (χ2v) is 4.51. The van der Waals surface area contributed by atoms with Crippen LogP contribution in [0, 0.1) is 5.92 Å². The fraction of sp³-hybridized carbons (Fsp3) is 0.727. The third-order valence-electron chi connectivity index (χ3n) is 3.38. The molecule has 7 nitrogen and oxygen atoms in total. The van der Waals surface area contributed by atoms with Crippen LogP contribution in [0.25, 0.3) is 0 Å². The molecule has 2 fully saturated rings. The van der Waals surface area contributed by atoms with Crippen LogP contribution >= 0.6 is 0 Å². The van der Waals surface area contributed by atoms with Crippen molar-refractivity contribution in [3.05, 3.63) is 0 Å². The Hall–Kier alpha value is -1.63. The number of aliphatic hydroxyl groups is 1. The lowest BCUT2D eigenvalue weighted by atomic mass is 9.77. The van der Waals surface area contributed by atoms with E-state index >= 15 is 0 Å². The molecule has 0 aromatic carbocycles. The SMILES string of the molecule is CCOC(=O)C[C@@H]1[C@@H]2OC(=O)[C@@]1(O)C(=O)N[C@@H]2C. The van der Waals surface area contributed by atoms with Crippen LogP contribution in [-0.2, 0) is 23.9 Å². The van der Waals surface area contributed by atoms with Crippen molar-refractivity contribution >= 4 is 17.8 Å². The van der Waals surface area contributed by atoms with Crippen molar-refractivity contribution in [1.29, 1.82) is 0 Å². The fourth-order valence-electron chi connectivity index (χ4n) is 2.46. The van der Waals surface area contributed by atoms with Crippen LogP contribution in [0.3, 0.4) is 0 Å². The van der Waals surface area contributed by atoms with Crippen molar-refractivity contribution in [3.63, 3.8) is 0 Å². The molecule has 0 spiro atoms. The first-order valence-corrected chi connectivity index (χ1v) is 5.81. The number of fused-ring (bicyclic) bond motifs is 2. The molecule has 2 bridgehead atoms. The molecule has 0 unspecified atom stereocenters. The lowest BCUT2D eigenvalue weighted by molar-refractivity contribution is -0.163. The van der Waals surface area contributed by atoms with Gasteiger partial charge in [-0.25, -0.2) is 4.79 Å². The molecule has 100 valence electrons.